The fourth-order valence-electron chi connectivity index (χ4n) is 1.10. The minimum absolute atomic E-state index is 0.338. The van der Waals surface area contributed by atoms with E-state index in [9.17, 15) is 0 Å². The van der Waals surface area contributed by atoms with E-state index in [0.29, 0.717) is 5.96 Å². The molecule has 4 heteroatoms. The van der Waals surface area contributed by atoms with E-state index in [2.05, 4.69) is 26.8 Å². The average molecular weight is 280 g/mol. The van der Waals surface area contributed by atoms with Gasteiger partial charge in [0, 0.05) is 18.6 Å². The molecule has 0 amide bonds. The van der Waals surface area contributed by atoms with E-state index in [1.807, 2.05) is 38.4 Å². The summed E-state index contributed by atoms with van der Waals surface area (Å²) in [5, 5.41) is 0. The third kappa shape index (κ3) is 3.28. The highest BCUT2D eigenvalue weighted by Gasteiger charge is 2.07. The second kappa shape index (κ2) is 5.57. The van der Waals surface area contributed by atoms with E-state index < -0.39 is 0 Å². The van der Waals surface area contributed by atoms with Crippen molar-refractivity contribution in [3.8, 4) is 12.3 Å². The Morgan fingerprint density at radius 3 is 2.44 bits per heavy atom. The van der Waals surface area contributed by atoms with E-state index in [1.165, 1.54) is 0 Å². The molecule has 16 heavy (non-hydrogen) atoms. The number of rotatable bonds is 2. The standard InChI is InChI=1S/C12H14BrN3/c1-4-11(15-12(14)16(2)3)9-5-7-10(13)8-6-9/h1,5-8,11H,2-3H3,(H2,14,15). The Balaban J connectivity index is 2.96. The van der Waals surface area contributed by atoms with Gasteiger partial charge in [-0.25, -0.2) is 4.99 Å². The average Bonchev–Trinajstić information content (AvgIpc) is 2.26. The lowest BCUT2D eigenvalue weighted by Crippen LogP contribution is -2.30. The molecule has 1 atom stereocenters. The highest BCUT2D eigenvalue weighted by molar-refractivity contribution is 9.10. The smallest absolute Gasteiger partial charge is 0.192 e. The van der Waals surface area contributed by atoms with E-state index in [1.54, 1.807) is 4.90 Å². The van der Waals surface area contributed by atoms with Gasteiger partial charge in [-0.15, -0.1) is 6.42 Å². The molecule has 0 heterocycles. The van der Waals surface area contributed by atoms with Gasteiger partial charge < -0.3 is 10.6 Å². The van der Waals surface area contributed by atoms with Crippen LogP contribution in [0.15, 0.2) is 33.7 Å². The van der Waals surface area contributed by atoms with E-state index >= 15 is 0 Å². The van der Waals surface area contributed by atoms with Crippen LogP contribution in [-0.4, -0.2) is 25.0 Å². The van der Waals surface area contributed by atoms with Gasteiger partial charge in [0.2, 0.25) is 0 Å². The second-order valence-electron chi connectivity index (χ2n) is 3.50. The summed E-state index contributed by atoms with van der Waals surface area (Å²) in [6.45, 7) is 0. The molecule has 3 nitrogen and oxygen atoms in total. The first-order valence-electron chi connectivity index (χ1n) is 4.76. The molecule has 0 saturated carbocycles. The number of guanidine groups is 1. The maximum absolute atomic E-state index is 5.73. The number of terminal acetylenes is 1. The Morgan fingerprint density at radius 2 is 2.00 bits per heavy atom. The number of hydrogen-bond donors (Lipinski definition) is 1. The highest BCUT2D eigenvalue weighted by atomic mass is 79.9. The third-order valence-electron chi connectivity index (χ3n) is 2.06. The first-order chi connectivity index (χ1) is 7.54. The minimum atomic E-state index is -0.338. The molecule has 0 saturated heterocycles. The monoisotopic (exact) mass is 279 g/mol. The Labute approximate surface area is 104 Å². The van der Waals surface area contributed by atoms with E-state index in [0.717, 1.165) is 10.0 Å². The van der Waals surface area contributed by atoms with Crippen LogP contribution in [0.3, 0.4) is 0 Å². The summed E-state index contributed by atoms with van der Waals surface area (Å²) < 4.78 is 1.01. The first-order valence-corrected chi connectivity index (χ1v) is 5.56. The summed E-state index contributed by atoms with van der Waals surface area (Å²) in [4.78, 5) is 5.99. The Morgan fingerprint density at radius 1 is 1.44 bits per heavy atom. The third-order valence-corrected chi connectivity index (χ3v) is 2.59. The molecule has 1 unspecified atom stereocenters. The Hall–Kier alpha value is -1.47. The van der Waals surface area contributed by atoms with Crippen LogP contribution in [0.2, 0.25) is 0 Å². The molecule has 1 aromatic rings. The molecule has 84 valence electrons. The van der Waals surface area contributed by atoms with E-state index in [-0.39, 0.29) is 6.04 Å². The molecule has 0 bridgehead atoms. The lowest BCUT2D eigenvalue weighted by molar-refractivity contribution is 0.606. The van der Waals surface area contributed by atoms with E-state index in [4.69, 9.17) is 12.2 Å². The predicted octanol–water partition coefficient (Wildman–Crippen LogP) is 2.00. The molecule has 2 N–H and O–H groups in total. The Bertz CT molecular complexity index is 415. The maximum atomic E-state index is 5.73. The second-order valence-corrected chi connectivity index (χ2v) is 4.42. The largest absolute Gasteiger partial charge is 0.370 e. The number of nitrogens with two attached hydrogens (primary N) is 1. The van der Waals surface area contributed by atoms with Crippen LogP contribution in [0, 0.1) is 12.3 Å². The summed E-state index contributed by atoms with van der Waals surface area (Å²) >= 11 is 3.37. The van der Waals surface area contributed by atoms with Crippen molar-refractivity contribution in [3.63, 3.8) is 0 Å². The summed E-state index contributed by atoms with van der Waals surface area (Å²) in [5.74, 6) is 3.04. The van der Waals surface area contributed by atoms with Crippen molar-refractivity contribution in [2.45, 2.75) is 6.04 Å². The van der Waals surface area contributed by atoms with Crippen molar-refractivity contribution < 1.29 is 0 Å². The number of aliphatic imine (C=N–C) groups is 1. The van der Waals surface area contributed by atoms with Gasteiger partial charge in [-0.2, -0.15) is 0 Å². The van der Waals surface area contributed by atoms with Crippen molar-refractivity contribution in [3.05, 3.63) is 34.3 Å². The van der Waals surface area contributed by atoms with Crippen molar-refractivity contribution in [1.29, 1.82) is 0 Å². The van der Waals surface area contributed by atoms with Gasteiger partial charge in [0.15, 0.2) is 5.96 Å². The molecule has 1 rings (SSSR count). The molecule has 0 aliphatic rings. The van der Waals surface area contributed by atoms with Gasteiger partial charge in [0.1, 0.15) is 6.04 Å². The summed E-state index contributed by atoms with van der Waals surface area (Å²) in [6.07, 6.45) is 5.45. The molecule has 0 aromatic heterocycles. The fraction of sp³-hybridized carbons (Fsp3) is 0.250. The number of halogens is 1. The zero-order valence-corrected chi connectivity index (χ0v) is 10.9. The molecular weight excluding hydrogens is 266 g/mol. The first kappa shape index (κ1) is 12.6. The number of nitrogens with zero attached hydrogens (tertiary/aromatic N) is 2. The molecular formula is C12H14BrN3. The lowest BCUT2D eigenvalue weighted by atomic mass is 10.1. The highest BCUT2D eigenvalue weighted by Crippen LogP contribution is 2.19. The van der Waals surface area contributed by atoms with Gasteiger partial charge in [-0.3, -0.25) is 0 Å². The van der Waals surface area contributed by atoms with Gasteiger partial charge >= 0.3 is 0 Å². The van der Waals surface area contributed by atoms with Crippen LogP contribution in [0.5, 0.6) is 0 Å². The van der Waals surface area contributed by atoms with Gasteiger partial charge in [-0.05, 0) is 17.7 Å². The maximum Gasteiger partial charge on any atom is 0.192 e. The van der Waals surface area contributed by atoms with Crippen LogP contribution in [-0.2, 0) is 0 Å². The zero-order valence-electron chi connectivity index (χ0n) is 9.31. The summed E-state index contributed by atoms with van der Waals surface area (Å²) in [5.41, 5.74) is 6.69. The van der Waals surface area contributed by atoms with Gasteiger partial charge in [-0.1, -0.05) is 34.0 Å². The molecule has 0 aliphatic carbocycles. The molecule has 0 radical (unpaired) electrons. The summed E-state index contributed by atoms with van der Waals surface area (Å²) in [6, 6.07) is 7.39. The SMILES string of the molecule is C#CC(N=C(N)N(C)C)c1ccc(Br)cc1. The van der Waals surface area contributed by atoms with Crippen molar-refractivity contribution >= 4 is 21.9 Å². The van der Waals surface area contributed by atoms with Crippen LogP contribution in [0.1, 0.15) is 11.6 Å². The normalized spacial score (nSPS) is 13.0. The minimum Gasteiger partial charge on any atom is -0.370 e. The van der Waals surface area contributed by atoms with Crippen molar-refractivity contribution in [2.75, 3.05) is 14.1 Å². The summed E-state index contributed by atoms with van der Waals surface area (Å²) in [7, 11) is 3.65. The number of benzene rings is 1. The molecule has 0 fully saturated rings. The van der Waals surface area contributed by atoms with Crippen LogP contribution < -0.4 is 5.73 Å². The predicted molar refractivity (Wildman–Crippen MR) is 71.0 cm³/mol. The topological polar surface area (TPSA) is 41.6 Å². The molecule has 0 spiro atoms. The molecule has 0 aliphatic heterocycles. The Kier molecular flexibility index (Phi) is 4.39. The van der Waals surface area contributed by atoms with Crippen LogP contribution >= 0.6 is 15.9 Å². The number of hydrogen-bond acceptors (Lipinski definition) is 1. The van der Waals surface area contributed by atoms with Gasteiger partial charge in [0.25, 0.3) is 0 Å². The van der Waals surface area contributed by atoms with Gasteiger partial charge in [0.05, 0.1) is 0 Å². The fourth-order valence-corrected chi connectivity index (χ4v) is 1.37. The molecule has 1 aromatic carbocycles. The van der Waals surface area contributed by atoms with Crippen LogP contribution in [0.25, 0.3) is 0 Å². The lowest BCUT2D eigenvalue weighted by Gasteiger charge is -2.13. The van der Waals surface area contributed by atoms with Crippen molar-refractivity contribution in [1.82, 2.24) is 4.90 Å². The van der Waals surface area contributed by atoms with Crippen LogP contribution in [0.4, 0.5) is 0 Å². The van der Waals surface area contributed by atoms with Crippen molar-refractivity contribution in [2.24, 2.45) is 10.7 Å². The quantitative estimate of drug-likeness (QED) is 0.511. The zero-order chi connectivity index (χ0) is 12.1.